The van der Waals surface area contributed by atoms with Gasteiger partial charge in [0, 0.05) is 19.0 Å². The molecule has 0 aromatic heterocycles. The van der Waals surface area contributed by atoms with Crippen molar-refractivity contribution in [3.8, 4) is 0 Å². The lowest BCUT2D eigenvalue weighted by Gasteiger charge is -2.30. The minimum atomic E-state index is -0.224. The number of fused-ring (bicyclic) bond motifs is 2. The van der Waals surface area contributed by atoms with Crippen LogP contribution in [0.15, 0.2) is 5.16 Å². The van der Waals surface area contributed by atoms with Gasteiger partial charge < -0.3 is 20.2 Å². The van der Waals surface area contributed by atoms with Crippen molar-refractivity contribution in [3.63, 3.8) is 0 Å². The first-order valence-electron chi connectivity index (χ1n) is 5.68. The standard InChI is InChI=1S/C10H15N3O3/c14-5-7-3-8(12-16-7)9-2-1-6-4-13(9)10(15)11-6/h6-7,9,14H,1-5H2,(H,11,15)/t6?,7-,9+/m1/s1. The third-order valence-electron chi connectivity index (χ3n) is 3.51. The molecule has 3 aliphatic rings. The van der Waals surface area contributed by atoms with Crippen LogP contribution in [0.4, 0.5) is 4.79 Å². The summed E-state index contributed by atoms with van der Waals surface area (Å²) < 4.78 is 0. The zero-order chi connectivity index (χ0) is 11.1. The highest BCUT2D eigenvalue weighted by molar-refractivity contribution is 5.94. The highest BCUT2D eigenvalue weighted by Gasteiger charge is 2.42. The molecule has 16 heavy (non-hydrogen) atoms. The van der Waals surface area contributed by atoms with Crippen molar-refractivity contribution in [1.82, 2.24) is 10.2 Å². The van der Waals surface area contributed by atoms with Crippen molar-refractivity contribution in [2.45, 2.75) is 37.5 Å². The molecule has 0 radical (unpaired) electrons. The molecule has 3 aliphatic heterocycles. The van der Waals surface area contributed by atoms with Crippen LogP contribution in [-0.2, 0) is 4.84 Å². The smallest absolute Gasteiger partial charge is 0.318 e. The number of nitrogens with zero attached hydrogens (tertiary/aromatic N) is 2. The SMILES string of the molecule is O=C1NC2CC[C@@H](C3=NO[C@@H](CO)C3)N1C2. The van der Waals surface area contributed by atoms with E-state index in [0.717, 1.165) is 25.1 Å². The van der Waals surface area contributed by atoms with Crippen molar-refractivity contribution in [3.05, 3.63) is 0 Å². The molecule has 1 unspecified atom stereocenters. The van der Waals surface area contributed by atoms with E-state index in [1.165, 1.54) is 0 Å². The number of urea groups is 1. The van der Waals surface area contributed by atoms with E-state index < -0.39 is 0 Å². The molecule has 0 aliphatic carbocycles. The summed E-state index contributed by atoms with van der Waals surface area (Å²) in [6, 6.07) is 0.373. The quantitative estimate of drug-likeness (QED) is 0.676. The fourth-order valence-corrected chi connectivity index (χ4v) is 2.66. The largest absolute Gasteiger partial charge is 0.392 e. The highest BCUT2D eigenvalue weighted by atomic mass is 16.6. The summed E-state index contributed by atoms with van der Waals surface area (Å²) in [6.07, 6.45) is 2.34. The molecule has 3 heterocycles. The molecule has 2 amide bonds. The van der Waals surface area contributed by atoms with Gasteiger partial charge in [-0.05, 0) is 12.8 Å². The summed E-state index contributed by atoms with van der Waals surface area (Å²) in [6.45, 7) is 0.751. The maximum absolute atomic E-state index is 11.6. The predicted molar refractivity (Wildman–Crippen MR) is 56.1 cm³/mol. The van der Waals surface area contributed by atoms with E-state index in [1.807, 2.05) is 4.90 Å². The van der Waals surface area contributed by atoms with Crippen molar-refractivity contribution in [1.29, 1.82) is 0 Å². The number of amides is 2. The third kappa shape index (κ3) is 1.44. The first-order chi connectivity index (χ1) is 7.78. The monoisotopic (exact) mass is 225 g/mol. The van der Waals surface area contributed by atoms with Gasteiger partial charge in [0.05, 0.1) is 18.4 Å². The number of rotatable bonds is 2. The molecule has 0 aromatic rings. The number of nitrogens with one attached hydrogen (secondary N) is 1. The van der Waals surface area contributed by atoms with Crippen LogP contribution in [0.1, 0.15) is 19.3 Å². The van der Waals surface area contributed by atoms with Gasteiger partial charge in [0.15, 0.2) is 6.10 Å². The first-order valence-corrected chi connectivity index (χ1v) is 5.68. The zero-order valence-electron chi connectivity index (χ0n) is 8.93. The number of aliphatic hydroxyl groups excluding tert-OH is 1. The van der Waals surface area contributed by atoms with Crippen LogP contribution < -0.4 is 5.32 Å². The second-order valence-corrected chi connectivity index (χ2v) is 4.59. The molecular formula is C10H15N3O3. The van der Waals surface area contributed by atoms with E-state index in [1.54, 1.807) is 0 Å². The molecule has 6 nitrogen and oxygen atoms in total. The van der Waals surface area contributed by atoms with Gasteiger partial charge in [-0.1, -0.05) is 5.16 Å². The van der Waals surface area contributed by atoms with Gasteiger partial charge in [-0.25, -0.2) is 4.79 Å². The summed E-state index contributed by atoms with van der Waals surface area (Å²) in [5, 5.41) is 15.9. The first kappa shape index (κ1) is 9.89. The van der Waals surface area contributed by atoms with Crippen LogP contribution in [0.2, 0.25) is 0 Å². The molecule has 0 saturated carbocycles. The molecule has 0 spiro atoms. The summed E-state index contributed by atoms with van der Waals surface area (Å²) in [4.78, 5) is 18.6. The summed E-state index contributed by atoms with van der Waals surface area (Å²) in [7, 11) is 0. The van der Waals surface area contributed by atoms with Crippen molar-refractivity contribution >= 4 is 11.7 Å². The lowest BCUT2D eigenvalue weighted by Crippen LogP contribution is -2.45. The molecule has 3 rings (SSSR count). The second kappa shape index (κ2) is 3.62. The van der Waals surface area contributed by atoms with E-state index in [0.29, 0.717) is 12.5 Å². The Morgan fingerprint density at radius 1 is 1.56 bits per heavy atom. The molecule has 88 valence electrons. The minimum absolute atomic E-state index is 0.00245. The number of carbonyl (C=O) groups is 1. The fourth-order valence-electron chi connectivity index (χ4n) is 2.66. The molecule has 2 bridgehead atoms. The van der Waals surface area contributed by atoms with E-state index in [-0.39, 0.29) is 24.8 Å². The van der Waals surface area contributed by atoms with E-state index >= 15 is 0 Å². The fraction of sp³-hybridized carbons (Fsp3) is 0.800. The number of carbonyl (C=O) groups excluding carboxylic acids is 1. The Kier molecular flexibility index (Phi) is 2.24. The van der Waals surface area contributed by atoms with Gasteiger partial charge in [-0.2, -0.15) is 0 Å². The third-order valence-corrected chi connectivity index (χ3v) is 3.51. The van der Waals surface area contributed by atoms with Crippen LogP contribution >= 0.6 is 0 Å². The lowest BCUT2D eigenvalue weighted by atomic mass is 9.95. The normalized spacial score (nSPS) is 37.1. The predicted octanol–water partition coefficient (Wildman–Crippen LogP) is -0.320. The van der Waals surface area contributed by atoms with Crippen molar-refractivity contribution < 1.29 is 14.7 Å². The van der Waals surface area contributed by atoms with Crippen LogP contribution in [-0.4, -0.2) is 53.1 Å². The van der Waals surface area contributed by atoms with Crippen molar-refractivity contribution in [2.75, 3.05) is 13.2 Å². The Labute approximate surface area is 93.2 Å². The Morgan fingerprint density at radius 3 is 3.19 bits per heavy atom. The van der Waals surface area contributed by atoms with Crippen LogP contribution in [0, 0.1) is 0 Å². The van der Waals surface area contributed by atoms with Crippen LogP contribution in [0.25, 0.3) is 0 Å². The van der Waals surface area contributed by atoms with E-state index in [9.17, 15) is 4.79 Å². The summed E-state index contributed by atoms with van der Waals surface area (Å²) in [5.74, 6) is 0. The highest BCUT2D eigenvalue weighted by Crippen LogP contribution is 2.27. The van der Waals surface area contributed by atoms with E-state index in [2.05, 4.69) is 10.5 Å². The van der Waals surface area contributed by atoms with E-state index in [4.69, 9.17) is 9.94 Å². The Balaban J connectivity index is 1.73. The number of piperidine rings is 1. The number of hydrogen-bond acceptors (Lipinski definition) is 4. The number of oxime groups is 1. The molecule has 6 heteroatoms. The van der Waals surface area contributed by atoms with Crippen LogP contribution in [0.3, 0.4) is 0 Å². The Bertz CT molecular complexity index is 344. The maximum atomic E-state index is 11.6. The molecule has 2 N–H and O–H groups in total. The topological polar surface area (TPSA) is 74.2 Å². The number of aliphatic hydroxyl groups is 1. The van der Waals surface area contributed by atoms with Crippen molar-refractivity contribution in [2.24, 2.45) is 5.16 Å². The second-order valence-electron chi connectivity index (χ2n) is 4.59. The average molecular weight is 225 g/mol. The average Bonchev–Trinajstić information content (AvgIpc) is 2.86. The van der Waals surface area contributed by atoms with Gasteiger partial charge in [0.1, 0.15) is 0 Å². The summed E-state index contributed by atoms with van der Waals surface area (Å²) in [5.41, 5.74) is 0.898. The minimum Gasteiger partial charge on any atom is -0.392 e. The Hall–Kier alpha value is -1.30. The molecular weight excluding hydrogens is 210 g/mol. The lowest BCUT2D eigenvalue weighted by molar-refractivity contribution is 0.0390. The Morgan fingerprint density at radius 2 is 2.44 bits per heavy atom. The maximum Gasteiger partial charge on any atom is 0.318 e. The molecule has 2 saturated heterocycles. The molecule has 0 aromatic carbocycles. The number of hydrogen-bond donors (Lipinski definition) is 2. The van der Waals surface area contributed by atoms with Gasteiger partial charge in [0.2, 0.25) is 0 Å². The van der Waals surface area contributed by atoms with Gasteiger partial charge in [-0.3, -0.25) is 0 Å². The van der Waals surface area contributed by atoms with Gasteiger partial charge in [0.25, 0.3) is 0 Å². The molecule has 2 fully saturated rings. The zero-order valence-corrected chi connectivity index (χ0v) is 8.93. The van der Waals surface area contributed by atoms with Gasteiger partial charge in [-0.15, -0.1) is 0 Å². The molecule has 3 atom stereocenters. The summed E-state index contributed by atoms with van der Waals surface area (Å²) >= 11 is 0. The van der Waals surface area contributed by atoms with Crippen LogP contribution in [0.5, 0.6) is 0 Å². The van der Waals surface area contributed by atoms with Gasteiger partial charge >= 0.3 is 6.03 Å².